The van der Waals surface area contributed by atoms with Crippen molar-refractivity contribution < 1.29 is 42.9 Å². The summed E-state index contributed by atoms with van der Waals surface area (Å²) in [5.74, 6) is -4.83. The standard InChI is InChI=1S/C44H37BrClFN2O8/c1-44-31(41(52)49(43(44)54)26-11-15-34(47)33(46)20-26)21-30-28(38(44)24-18-32(45)39(50)36(19-24)57-4)13-14-29-37(30)42(53)48(40(29)51)25-9-6-22(7-10-25)5-8-23-17-27(55-2)12-16-35(23)56-3/h5-13,15-20,29-31,37-38,50H,14,21H2,1-4H3. The molecule has 0 aromatic heterocycles. The maximum atomic E-state index is 14.7. The lowest BCUT2D eigenvalue weighted by molar-refractivity contribution is -0.131. The molecule has 2 saturated heterocycles. The van der Waals surface area contributed by atoms with Gasteiger partial charge in [-0.05, 0) is 113 Å². The van der Waals surface area contributed by atoms with Crippen LogP contribution in [0.1, 0.15) is 42.4 Å². The van der Waals surface area contributed by atoms with Crippen molar-refractivity contribution >= 4 is 74.7 Å². The molecule has 3 fully saturated rings. The molecular weight excluding hydrogens is 819 g/mol. The van der Waals surface area contributed by atoms with Gasteiger partial charge in [0.05, 0.1) is 65.4 Å². The molecule has 4 amide bonds. The highest BCUT2D eigenvalue weighted by Crippen LogP contribution is 2.64. The van der Waals surface area contributed by atoms with Crippen molar-refractivity contribution in [2.75, 3.05) is 31.1 Å². The van der Waals surface area contributed by atoms with E-state index in [-0.39, 0.29) is 46.9 Å². The van der Waals surface area contributed by atoms with Crippen LogP contribution in [0, 0.1) is 34.9 Å². The summed E-state index contributed by atoms with van der Waals surface area (Å²) in [5.41, 5.74) is 2.14. The summed E-state index contributed by atoms with van der Waals surface area (Å²) in [6.45, 7) is 1.73. The van der Waals surface area contributed by atoms with Crippen LogP contribution < -0.4 is 24.0 Å². The Morgan fingerprint density at radius 1 is 0.825 bits per heavy atom. The third-order valence-electron chi connectivity index (χ3n) is 12.1. The molecule has 57 heavy (non-hydrogen) atoms. The van der Waals surface area contributed by atoms with E-state index in [1.54, 1.807) is 45.4 Å². The molecule has 1 saturated carbocycles. The number of halogens is 3. The summed E-state index contributed by atoms with van der Waals surface area (Å²) in [5, 5.41) is 10.5. The molecule has 13 heteroatoms. The van der Waals surface area contributed by atoms with Gasteiger partial charge < -0.3 is 19.3 Å². The number of hydrogen-bond acceptors (Lipinski definition) is 8. The van der Waals surface area contributed by atoms with Gasteiger partial charge in [-0.1, -0.05) is 47.5 Å². The number of nitrogens with zero attached hydrogens (tertiary/aromatic N) is 2. The fourth-order valence-corrected chi connectivity index (χ4v) is 9.96. The first-order valence-corrected chi connectivity index (χ1v) is 19.5. The molecule has 292 valence electrons. The lowest BCUT2D eigenvalue weighted by atomic mass is 9.51. The monoisotopic (exact) mass is 854 g/mol. The van der Waals surface area contributed by atoms with Crippen LogP contribution in [0.4, 0.5) is 15.8 Å². The van der Waals surface area contributed by atoms with E-state index in [0.717, 1.165) is 27.7 Å². The van der Waals surface area contributed by atoms with Crippen LogP contribution in [0.25, 0.3) is 12.2 Å². The number of aromatic hydroxyl groups is 1. The number of anilines is 2. The Hall–Kier alpha value is -5.46. The van der Waals surface area contributed by atoms with Gasteiger partial charge in [-0.3, -0.25) is 24.1 Å². The predicted molar refractivity (Wildman–Crippen MR) is 216 cm³/mol. The zero-order chi connectivity index (χ0) is 40.5. The minimum Gasteiger partial charge on any atom is -0.503 e. The first-order chi connectivity index (χ1) is 27.3. The maximum absolute atomic E-state index is 14.7. The molecule has 10 nitrogen and oxygen atoms in total. The minimum absolute atomic E-state index is 0.122. The van der Waals surface area contributed by atoms with Crippen molar-refractivity contribution in [2.45, 2.75) is 25.7 Å². The smallest absolute Gasteiger partial charge is 0.241 e. The van der Waals surface area contributed by atoms with Crippen molar-refractivity contribution in [3.05, 3.63) is 116 Å². The van der Waals surface area contributed by atoms with Crippen molar-refractivity contribution in [1.29, 1.82) is 0 Å². The van der Waals surface area contributed by atoms with Gasteiger partial charge in [-0.15, -0.1) is 0 Å². The summed E-state index contributed by atoms with van der Waals surface area (Å²) in [4.78, 5) is 60.3. The molecular formula is C44H37BrClFN2O8. The van der Waals surface area contributed by atoms with Crippen LogP contribution in [-0.4, -0.2) is 50.1 Å². The highest BCUT2D eigenvalue weighted by molar-refractivity contribution is 9.10. The Labute approximate surface area is 341 Å². The predicted octanol–water partition coefficient (Wildman–Crippen LogP) is 8.58. The Bertz CT molecular complexity index is 2440. The number of ether oxygens (including phenoxy) is 3. The Morgan fingerprint density at radius 3 is 2.23 bits per heavy atom. The first-order valence-electron chi connectivity index (χ1n) is 18.3. The van der Waals surface area contributed by atoms with Gasteiger partial charge in [0.15, 0.2) is 11.5 Å². The Morgan fingerprint density at radius 2 is 1.54 bits per heavy atom. The van der Waals surface area contributed by atoms with Crippen molar-refractivity contribution in [3.63, 3.8) is 0 Å². The highest BCUT2D eigenvalue weighted by Gasteiger charge is 2.67. The molecule has 4 aromatic carbocycles. The van der Waals surface area contributed by atoms with E-state index in [4.69, 9.17) is 25.8 Å². The number of amides is 4. The number of methoxy groups -OCH3 is 3. The number of allylic oxidation sites excluding steroid dienone is 2. The van der Waals surface area contributed by atoms with Crippen LogP contribution in [0.15, 0.2) is 88.9 Å². The number of fused-ring (bicyclic) bond motifs is 4. The Kier molecular flexibility index (Phi) is 9.76. The van der Waals surface area contributed by atoms with Crippen LogP contribution in [0.2, 0.25) is 5.02 Å². The highest BCUT2D eigenvalue weighted by atomic mass is 79.9. The summed E-state index contributed by atoms with van der Waals surface area (Å²) < 4.78 is 30.9. The molecule has 2 heterocycles. The zero-order valence-electron chi connectivity index (χ0n) is 31.3. The van der Waals surface area contributed by atoms with Crippen LogP contribution >= 0.6 is 27.5 Å². The normalized spacial score (nSPS) is 25.4. The number of imide groups is 2. The lowest BCUT2D eigenvalue weighted by Crippen LogP contribution is -2.48. The molecule has 6 atom stereocenters. The number of carbonyl (C=O) groups is 4. The third kappa shape index (κ3) is 6.03. The fraction of sp³-hybridized carbons (Fsp3) is 0.273. The SMILES string of the molecule is COc1ccc(OC)c(C=Cc2ccc(N3C(=O)C4CC=C5C(CC6C(=O)N(c7ccc(F)c(Cl)c7)C(=O)C6(C)C5c5cc(Br)c(O)c(OC)c5)C4C3=O)cc2)c1. The second-order valence-corrected chi connectivity index (χ2v) is 16.1. The van der Waals surface area contributed by atoms with Gasteiger partial charge in [-0.2, -0.15) is 0 Å². The number of hydrogen-bond donors (Lipinski definition) is 1. The molecule has 0 radical (unpaired) electrons. The molecule has 4 aromatic rings. The number of benzene rings is 4. The van der Waals surface area contributed by atoms with Crippen LogP contribution in [0.5, 0.6) is 23.0 Å². The van der Waals surface area contributed by atoms with Crippen molar-refractivity contribution in [3.8, 4) is 23.0 Å². The quantitative estimate of drug-likeness (QED) is 0.106. The molecule has 0 spiro atoms. The first kappa shape index (κ1) is 38.4. The second kappa shape index (κ2) is 14.5. The van der Waals surface area contributed by atoms with Gasteiger partial charge in [0.2, 0.25) is 23.6 Å². The number of rotatable bonds is 8. The average molecular weight is 856 g/mol. The number of phenols is 1. The van der Waals surface area contributed by atoms with Gasteiger partial charge in [0, 0.05) is 11.5 Å². The van der Waals surface area contributed by atoms with E-state index >= 15 is 0 Å². The average Bonchev–Trinajstić information content (AvgIpc) is 3.58. The summed E-state index contributed by atoms with van der Waals surface area (Å²) in [6, 6.07) is 19.6. The number of carbonyl (C=O) groups excluding carboxylic acids is 4. The molecule has 0 bridgehead atoms. The zero-order valence-corrected chi connectivity index (χ0v) is 33.6. The molecule has 1 N–H and O–H groups in total. The maximum Gasteiger partial charge on any atom is 0.241 e. The van der Waals surface area contributed by atoms with Crippen molar-refractivity contribution in [2.24, 2.45) is 29.1 Å². The van der Waals surface area contributed by atoms with Gasteiger partial charge in [0.25, 0.3) is 0 Å². The lowest BCUT2D eigenvalue weighted by Gasteiger charge is -2.49. The van der Waals surface area contributed by atoms with Crippen molar-refractivity contribution in [1.82, 2.24) is 0 Å². The van der Waals surface area contributed by atoms with E-state index in [9.17, 15) is 28.7 Å². The molecule has 6 unspecified atom stereocenters. The summed E-state index contributed by atoms with van der Waals surface area (Å²) in [7, 11) is 4.59. The van der Waals surface area contributed by atoms with E-state index < -0.39 is 52.6 Å². The molecule has 2 aliphatic heterocycles. The topological polar surface area (TPSA) is 123 Å². The number of phenolic OH excluding ortho intramolecular Hbond substituents is 1. The third-order valence-corrected chi connectivity index (χ3v) is 13.0. The fourth-order valence-electron chi connectivity index (χ4n) is 9.33. The van der Waals surface area contributed by atoms with Gasteiger partial charge in [0.1, 0.15) is 17.3 Å². The van der Waals surface area contributed by atoms with E-state index in [2.05, 4.69) is 15.9 Å². The second-order valence-electron chi connectivity index (χ2n) is 14.9. The van der Waals surface area contributed by atoms with E-state index in [1.807, 2.05) is 48.6 Å². The largest absolute Gasteiger partial charge is 0.503 e. The van der Waals surface area contributed by atoms with Crippen LogP contribution in [-0.2, 0) is 19.2 Å². The minimum atomic E-state index is -1.38. The van der Waals surface area contributed by atoms with E-state index in [1.165, 1.54) is 24.1 Å². The van der Waals surface area contributed by atoms with Gasteiger partial charge >= 0.3 is 0 Å². The van der Waals surface area contributed by atoms with Crippen LogP contribution in [0.3, 0.4) is 0 Å². The Balaban J connectivity index is 1.16. The van der Waals surface area contributed by atoms with Gasteiger partial charge in [-0.25, -0.2) is 9.29 Å². The summed E-state index contributed by atoms with van der Waals surface area (Å²) in [6.07, 6.45) is 6.09. The molecule has 2 aliphatic carbocycles. The molecule has 4 aliphatic rings. The van der Waals surface area contributed by atoms with E-state index in [0.29, 0.717) is 27.2 Å². The summed E-state index contributed by atoms with van der Waals surface area (Å²) >= 11 is 9.55. The molecule has 8 rings (SSSR count).